The number of hydrogen-bond donors (Lipinski definition) is 0. The summed E-state index contributed by atoms with van der Waals surface area (Å²) in [5.41, 5.74) is -0.412. The van der Waals surface area contributed by atoms with Gasteiger partial charge in [0.25, 0.3) is 5.69 Å². The fraction of sp³-hybridized carbons (Fsp3) is 0.417. The zero-order valence-electron chi connectivity index (χ0n) is 10.9. The van der Waals surface area contributed by atoms with E-state index in [9.17, 15) is 15.4 Å². The van der Waals surface area contributed by atoms with E-state index in [4.69, 9.17) is 4.43 Å². The van der Waals surface area contributed by atoms with Crippen LogP contribution in [-0.2, 0) is 10.0 Å². The first kappa shape index (κ1) is 14.3. The van der Waals surface area contributed by atoms with Gasteiger partial charge in [-0.2, -0.15) is 5.26 Å². The third-order valence-corrected chi connectivity index (χ3v) is 3.37. The van der Waals surface area contributed by atoms with E-state index in [1.165, 1.54) is 12.1 Å². The second kappa shape index (κ2) is 4.88. The highest BCUT2D eigenvalue weighted by Crippen LogP contribution is 2.29. The summed E-state index contributed by atoms with van der Waals surface area (Å²) in [5.74, 6) is 0. The molecule has 0 saturated carbocycles. The van der Waals surface area contributed by atoms with Gasteiger partial charge in [0.2, 0.25) is 0 Å². The lowest BCUT2D eigenvalue weighted by molar-refractivity contribution is -0.384. The molecule has 0 radical (unpaired) electrons. The van der Waals surface area contributed by atoms with E-state index in [2.05, 4.69) is 6.07 Å². The van der Waals surface area contributed by atoms with Crippen LogP contribution in [0, 0.1) is 21.4 Å². The van der Waals surface area contributed by atoms with E-state index in [-0.39, 0.29) is 5.69 Å². The van der Waals surface area contributed by atoms with Crippen LogP contribution >= 0.6 is 0 Å². The van der Waals surface area contributed by atoms with Crippen LogP contribution in [0.1, 0.15) is 12.5 Å². The molecule has 0 aliphatic carbocycles. The van der Waals surface area contributed by atoms with E-state index in [1.54, 1.807) is 19.1 Å². The molecule has 0 fully saturated rings. The van der Waals surface area contributed by atoms with Crippen LogP contribution in [0.25, 0.3) is 0 Å². The molecular weight excluding hydrogens is 248 g/mol. The Kier molecular flexibility index (Phi) is 3.89. The van der Waals surface area contributed by atoms with Gasteiger partial charge < -0.3 is 4.43 Å². The van der Waals surface area contributed by atoms with Crippen molar-refractivity contribution < 1.29 is 9.35 Å². The minimum absolute atomic E-state index is 0.00652. The molecule has 1 atom stereocenters. The number of non-ortho nitro benzene ring substituents is 1. The van der Waals surface area contributed by atoms with Gasteiger partial charge in [-0.15, -0.1) is 0 Å². The normalized spacial score (nSPS) is 14.6. The molecule has 96 valence electrons. The highest BCUT2D eigenvalue weighted by molar-refractivity contribution is 6.69. The number of nitriles is 1. The van der Waals surface area contributed by atoms with Crippen molar-refractivity contribution >= 4 is 14.0 Å². The first-order valence-corrected chi connectivity index (χ1v) is 8.95. The minimum atomic E-state index is -1.89. The first-order chi connectivity index (χ1) is 8.18. The molecule has 6 heteroatoms. The number of nitrogens with zero attached hydrogens (tertiary/aromatic N) is 2. The lowest BCUT2D eigenvalue weighted by Crippen LogP contribution is -2.37. The van der Waals surface area contributed by atoms with Crippen LogP contribution in [0.2, 0.25) is 19.6 Å². The summed E-state index contributed by atoms with van der Waals surface area (Å²) in [6, 6.07) is 8.06. The Bertz CT molecular complexity index is 488. The van der Waals surface area contributed by atoms with Gasteiger partial charge in [-0.1, -0.05) is 0 Å². The molecule has 0 saturated heterocycles. The predicted octanol–water partition coefficient (Wildman–Crippen LogP) is 3.19. The van der Waals surface area contributed by atoms with Crippen LogP contribution in [0.5, 0.6) is 0 Å². The largest absolute Gasteiger partial charge is 0.397 e. The molecule has 0 spiro atoms. The van der Waals surface area contributed by atoms with E-state index in [1.807, 2.05) is 19.6 Å². The second-order valence-corrected chi connectivity index (χ2v) is 9.59. The lowest BCUT2D eigenvalue weighted by atomic mass is 9.98. The summed E-state index contributed by atoms with van der Waals surface area (Å²) >= 11 is 0. The molecule has 0 amide bonds. The Balaban J connectivity index is 3.10. The van der Waals surface area contributed by atoms with E-state index >= 15 is 0 Å². The fourth-order valence-electron chi connectivity index (χ4n) is 1.66. The highest BCUT2D eigenvalue weighted by Gasteiger charge is 2.33. The summed E-state index contributed by atoms with van der Waals surface area (Å²) < 4.78 is 5.87. The molecule has 0 heterocycles. The quantitative estimate of drug-likeness (QED) is 0.475. The number of rotatable bonds is 4. The SMILES string of the molecule is CC(C#N)(O[Si](C)(C)C)c1ccc([N+](=O)[O-])cc1. The number of nitro groups is 1. The van der Waals surface area contributed by atoms with Crippen molar-refractivity contribution in [3.05, 3.63) is 39.9 Å². The Morgan fingerprint density at radius 1 is 1.33 bits per heavy atom. The predicted molar refractivity (Wildman–Crippen MR) is 70.5 cm³/mol. The third kappa shape index (κ3) is 3.39. The number of nitro benzene ring substituents is 1. The molecule has 0 aliphatic heterocycles. The molecular formula is C12H16N2O3Si. The second-order valence-electron chi connectivity index (χ2n) is 5.16. The van der Waals surface area contributed by atoms with Gasteiger partial charge in [-0.05, 0) is 44.3 Å². The number of hydrogen-bond acceptors (Lipinski definition) is 4. The molecule has 0 N–H and O–H groups in total. The zero-order valence-corrected chi connectivity index (χ0v) is 11.9. The topological polar surface area (TPSA) is 76.2 Å². The maximum atomic E-state index is 10.6. The van der Waals surface area contributed by atoms with Gasteiger partial charge in [0.05, 0.1) is 4.92 Å². The summed E-state index contributed by atoms with van der Waals surface area (Å²) in [6.07, 6.45) is 0. The lowest BCUT2D eigenvalue weighted by Gasteiger charge is -2.30. The maximum Gasteiger partial charge on any atom is 0.269 e. The molecule has 1 aromatic carbocycles. The smallest absolute Gasteiger partial charge is 0.269 e. The third-order valence-electron chi connectivity index (χ3n) is 2.35. The molecule has 1 unspecified atom stereocenters. The van der Waals surface area contributed by atoms with Crippen LogP contribution < -0.4 is 0 Å². The summed E-state index contributed by atoms with van der Waals surface area (Å²) in [5, 5.41) is 19.9. The molecule has 18 heavy (non-hydrogen) atoms. The first-order valence-electron chi connectivity index (χ1n) is 5.54. The summed E-state index contributed by atoms with van der Waals surface area (Å²) in [7, 11) is -1.89. The van der Waals surface area contributed by atoms with Crippen molar-refractivity contribution in [1.82, 2.24) is 0 Å². The summed E-state index contributed by atoms with van der Waals surface area (Å²) in [4.78, 5) is 10.1. The Labute approximate surface area is 107 Å². The van der Waals surface area contributed by atoms with Gasteiger partial charge in [0, 0.05) is 12.1 Å². The Morgan fingerprint density at radius 2 is 1.83 bits per heavy atom. The van der Waals surface area contributed by atoms with Crippen LogP contribution in [0.3, 0.4) is 0 Å². The molecule has 1 aromatic rings. The van der Waals surface area contributed by atoms with Crippen molar-refractivity contribution in [2.45, 2.75) is 32.2 Å². The Morgan fingerprint density at radius 3 is 2.17 bits per heavy atom. The van der Waals surface area contributed by atoms with E-state index < -0.39 is 18.8 Å². The van der Waals surface area contributed by atoms with Crippen molar-refractivity contribution in [3.8, 4) is 6.07 Å². The van der Waals surface area contributed by atoms with Crippen LogP contribution in [0.15, 0.2) is 24.3 Å². The monoisotopic (exact) mass is 264 g/mol. The van der Waals surface area contributed by atoms with Gasteiger partial charge in [0.15, 0.2) is 13.9 Å². The molecule has 0 aliphatic rings. The maximum absolute atomic E-state index is 10.6. The van der Waals surface area contributed by atoms with Gasteiger partial charge in [0.1, 0.15) is 6.07 Å². The molecule has 1 rings (SSSR count). The summed E-state index contributed by atoms with van der Waals surface area (Å²) in [6.45, 7) is 7.67. The molecule has 5 nitrogen and oxygen atoms in total. The average Bonchev–Trinajstić information content (AvgIpc) is 2.27. The van der Waals surface area contributed by atoms with Crippen LogP contribution in [-0.4, -0.2) is 13.2 Å². The number of benzene rings is 1. The van der Waals surface area contributed by atoms with E-state index in [0.717, 1.165) is 0 Å². The van der Waals surface area contributed by atoms with Crippen molar-refractivity contribution in [2.75, 3.05) is 0 Å². The minimum Gasteiger partial charge on any atom is -0.397 e. The molecule has 0 bridgehead atoms. The zero-order chi connectivity index (χ0) is 14.0. The molecule has 0 aromatic heterocycles. The fourth-order valence-corrected chi connectivity index (χ4v) is 3.05. The van der Waals surface area contributed by atoms with Crippen molar-refractivity contribution in [2.24, 2.45) is 0 Å². The average molecular weight is 264 g/mol. The standard InChI is InChI=1S/C12H16N2O3Si/c1-12(9-13,17-18(2,3)4)10-5-7-11(8-6-10)14(15)16/h5-8H,1-4H3. The van der Waals surface area contributed by atoms with Gasteiger partial charge in [-0.3, -0.25) is 10.1 Å². The van der Waals surface area contributed by atoms with Crippen molar-refractivity contribution in [3.63, 3.8) is 0 Å². The van der Waals surface area contributed by atoms with Crippen LogP contribution in [0.4, 0.5) is 5.69 Å². The highest BCUT2D eigenvalue weighted by atomic mass is 28.4. The van der Waals surface area contributed by atoms with Gasteiger partial charge in [-0.25, -0.2) is 0 Å². The Hall–Kier alpha value is -1.71. The van der Waals surface area contributed by atoms with Crippen molar-refractivity contribution in [1.29, 1.82) is 5.26 Å². The van der Waals surface area contributed by atoms with E-state index in [0.29, 0.717) is 5.56 Å². The van der Waals surface area contributed by atoms with Gasteiger partial charge >= 0.3 is 0 Å².